The van der Waals surface area contributed by atoms with E-state index in [0.29, 0.717) is 12.2 Å². The zero-order chi connectivity index (χ0) is 16.4. The van der Waals surface area contributed by atoms with Gasteiger partial charge < -0.3 is 15.3 Å². The first-order valence-corrected chi connectivity index (χ1v) is 7.68. The number of hydrogen-bond acceptors (Lipinski definition) is 3. The highest BCUT2D eigenvalue weighted by Gasteiger charge is 2.33. The van der Waals surface area contributed by atoms with Crippen LogP contribution in [-0.2, 0) is 5.41 Å². The fourth-order valence-corrected chi connectivity index (χ4v) is 3.17. The second-order valence-corrected chi connectivity index (χ2v) is 6.07. The average Bonchev–Trinajstić information content (AvgIpc) is 2.56. The molecule has 0 amide bonds. The van der Waals surface area contributed by atoms with E-state index >= 15 is 0 Å². The van der Waals surface area contributed by atoms with Crippen LogP contribution in [0.2, 0.25) is 0 Å². The molecular weight excluding hydrogens is 288 g/mol. The second-order valence-electron chi connectivity index (χ2n) is 6.07. The normalized spacial score (nSPS) is 15.0. The Bertz CT molecular complexity index is 707. The molecular formula is C20H20O3. The van der Waals surface area contributed by atoms with Gasteiger partial charge in [0.2, 0.25) is 0 Å². The van der Waals surface area contributed by atoms with E-state index in [1.807, 2.05) is 30.3 Å². The van der Waals surface area contributed by atoms with Crippen molar-refractivity contribution in [2.45, 2.75) is 25.2 Å². The molecule has 1 aliphatic rings. The van der Waals surface area contributed by atoms with Crippen LogP contribution < -0.4 is 0 Å². The first kappa shape index (κ1) is 15.2. The summed E-state index contributed by atoms with van der Waals surface area (Å²) in [6.45, 7) is 2.13. The Balaban J connectivity index is 2.16. The highest BCUT2D eigenvalue weighted by atomic mass is 16.3. The molecule has 0 radical (unpaired) electrons. The van der Waals surface area contributed by atoms with Crippen molar-refractivity contribution in [1.82, 2.24) is 0 Å². The topological polar surface area (TPSA) is 60.7 Å². The Morgan fingerprint density at radius 1 is 0.696 bits per heavy atom. The lowest BCUT2D eigenvalue weighted by molar-refractivity contribution is 0.382. The summed E-state index contributed by atoms with van der Waals surface area (Å²) in [6, 6.07) is 14.4. The molecule has 23 heavy (non-hydrogen) atoms. The summed E-state index contributed by atoms with van der Waals surface area (Å²) in [5.41, 5.74) is 2.91. The number of phenols is 2. The molecule has 0 saturated carbocycles. The SMILES string of the molecule is CC(C1=CC=C(O)CC1)(c1ccc(O)cc1)c1ccc(O)cc1. The highest BCUT2D eigenvalue weighted by Crippen LogP contribution is 2.43. The van der Waals surface area contributed by atoms with Crippen molar-refractivity contribution < 1.29 is 15.3 Å². The van der Waals surface area contributed by atoms with E-state index in [0.717, 1.165) is 17.5 Å². The molecule has 0 unspecified atom stereocenters. The molecule has 0 bridgehead atoms. The predicted molar refractivity (Wildman–Crippen MR) is 90.7 cm³/mol. The van der Waals surface area contributed by atoms with Crippen LogP contribution in [-0.4, -0.2) is 15.3 Å². The Kier molecular flexibility index (Phi) is 3.87. The van der Waals surface area contributed by atoms with Gasteiger partial charge in [0.25, 0.3) is 0 Å². The van der Waals surface area contributed by atoms with Crippen molar-refractivity contribution in [2.75, 3.05) is 0 Å². The maximum atomic E-state index is 9.66. The third-order valence-electron chi connectivity index (χ3n) is 4.66. The van der Waals surface area contributed by atoms with E-state index in [1.54, 1.807) is 30.3 Å². The Labute approximate surface area is 135 Å². The summed E-state index contributed by atoms with van der Waals surface area (Å²) in [7, 11) is 0. The molecule has 3 heteroatoms. The van der Waals surface area contributed by atoms with Gasteiger partial charge in [-0.05, 0) is 54.8 Å². The lowest BCUT2D eigenvalue weighted by atomic mass is 9.68. The lowest BCUT2D eigenvalue weighted by Gasteiger charge is -2.35. The molecule has 0 atom stereocenters. The van der Waals surface area contributed by atoms with Crippen molar-refractivity contribution in [1.29, 1.82) is 0 Å². The van der Waals surface area contributed by atoms with Crippen molar-refractivity contribution in [3.63, 3.8) is 0 Å². The molecule has 3 rings (SSSR count). The van der Waals surface area contributed by atoms with Gasteiger partial charge in [0.05, 0.1) is 5.76 Å². The van der Waals surface area contributed by atoms with Crippen molar-refractivity contribution in [3.8, 4) is 11.5 Å². The third kappa shape index (κ3) is 2.82. The van der Waals surface area contributed by atoms with Gasteiger partial charge in [-0.2, -0.15) is 0 Å². The minimum Gasteiger partial charge on any atom is -0.512 e. The fourth-order valence-electron chi connectivity index (χ4n) is 3.17. The maximum Gasteiger partial charge on any atom is 0.115 e. The number of hydrogen-bond donors (Lipinski definition) is 3. The Morgan fingerprint density at radius 2 is 1.17 bits per heavy atom. The van der Waals surface area contributed by atoms with Gasteiger partial charge in [0.1, 0.15) is 11.5 Å². The highest BCUT2D eigenvalue weighted by molar-refractivity contribution is 5.51. The molecule has 0 aliphatic heterocycles. The smallest absolute Gasteiger partial charge is 0.115 e. The fraction of sp³-hybridized carbons (Fsp3) is 0.200. The quantitative estimate of drug-likeness (QED) is 0.778. The largest absolute Gasteiger partial charge is 0.512 e. The first-order valence-electron chi connectivity index (χ1n) is 7.68. The summed E-state index contributed by atoms with van der Waals surface area (Å²) in [5, 5.41) is 28.8. The van der Waals surface area contributed by atoms with E-state index in [9.17, 15) is 15.3 Å². The van der Waals surface area contributed by atoms with Crippen LogP contribution in [0.1, 0.15) is 30.9 Å². The van der Waals surface area contributed by atoms with E-state index < -0.39 is 5.41 Å². The molecule has 0 saturated heterocycles. The summed E-state index contributed by atoms with van der Waals surface area (Å²) in [5.74, 6) is 0.862. The number of benzene rings is 2. The van der Waals surface area contributed by atoms with E-state index in [-0.39, 0.29) is 11.5 Å². The average molecular weight is 308 g/mol. The van der Waals surface area contributed by atoms with Gasteiger partial charge in [-0.1, -0.05) is 35.9 Å². The van der Waals surface area contributed by atoms with Crippen LogP contribution in [0.25, 0.3) is 0 Å². The number of rotatable bonds is 3. The minimum atomic E-state index is -0.390. The summed E-state index contributed by atoms with van der Waals surface area (Å²) < 4.78 is 0. The molecule has 2 aromatic rings. The number of phenolic OH excluding ortho intramolecular Hbond substituents is 2. The van der Waals surface area contributed by atoms with Crippen molar-refractivity contribution >= 4 is 0 Å². The number of aliphatic hydroxyl groups excluding tert-OH is 1. The predicted octanol–water partition coefficient (Wildman–Crippen LogP) is 4.57. The van der Waals surface area contributed by atoms with Crippen molar-refractivity contribution in [2.24, 2.45) is 0 Å². The van der Waals surface area contributed by atoms with Crippen LogP contribution in [0.4, 0.5) is 0 Å². The van der Waals surface area contributed by atoms with Gasteiger partial charge >= 0.3 is 0 Å². The Morgan fingerprint density at radius 3 is 1.57 bits per heavy atom. The van der Waals surface area contributed by atoms with Gasteiger partial charge in [0.15, 0.2) is 0 Å². The first-order chi connectivity index (χ1) is 11.0. The monoisotopic (exact) mass is 308 g/mol. The standard InChI is InChI=1S/C20H20O3/c1-20(14-2-8-17(21)9-3-14,15-4-10-18(22)11-5-15)16-6-12-19(23)13-7-16/h2-6,8-12,21-23H,7,13H2,1H3. The number of aliphatic hydroxyl groups is 1. The molecule has 3 nitrogen and oxygen atoms in total. The van der Waals surface area contributed by atoms with Gasteiger partial charge in [0, 0.05) is 11.8 Å². The third-order valence-corrected chi connectivity index (χ3v) is 4.66. The summed E-state index contributed by atoms with van der Waals surface area (Å²) in [6.07, 6.45) is 5.11. The summed E-state index contributed by atoms with van der Waals surface area (Å²) >= 11 is 0. The Hall–Kier alpha value is -2.68. The lowest BCUT2D eigenvalue weighted by Crippen LogP contribution is -2.27. The molecule has 0 aromatic heterocycles. The van der Waals surface area contributed by atoms with E-state index in [4.69, 9.17) is 0 Å². The van der Waals surface area contributed by atoms with Crippen LogP contribution in [0.5, 0.6) is 11.5 Å². The molecule has 3 N–H and O–H groups in total. The van der Waals surface area contributed by atoms with Gasteiger partial charge in [-0.15, -0.1) is 0 Å². The van der Waals surface area contributed by atoms with Crippen LogP contribution in [0.3, 0.4) is 0 Å². The zero-order valence-electron chi connectivity index (χ0n) is 13.0. The zero-order valence-corrected chi connectivity index (χ0v) is 13.0. The number of aromatic hydroxyl groups is 2. The van der Waals surface area contributed by atoms with E-state index in [1.165, 1.54) is 5.57 Å². The van der Waals surface area contributed by atoms with Crippen LogP contribution in [0.15, 0.2) is 72.0 Å². The molecule has 2 aromatic carbocycles. The van der Waals surface area contributed by atoms with Gasteiger partial charge in [-0.3, -0.25) is 0 Å². The van der Waals surface area contributed by atoms with Crippen LogP contribution in [0, 0.1) is 0 Å². The second kappa shape index (κ2) is 5.84. The number of allylic oxidation sites excluding steroid dienone is 4. The molecule has 0 spiro atoms. The minimum absolute atomic E-state index is 0.233. The molecule has 0 heterocycles. The summed E-state index contributed by atoms with van der Waals surface area (Å²) in [4.78, 5) is 0. The molecule has 0 fully saturated rings. The molecule has 1 aliphatic carbocycles. The van der Waals surface area contributed by atoms with Crippen molar-refractivity contribution in [3.05, 3.63) is 83.1 Å². The molecule has 118 valence electrons. The van der Waals surface area contributed by atoms with E-state index in [2.05, 4.69) is 6.92 Å². The maximum absolute atomic E-state index is 9.66. The van der Waals surface area contributed by atoms with Crippen LogP contribution >= 0.6 is 0 Å². The van der Waals surface area contributed by atoms with Gasteiger partial charge in [-0.25, -0.2) is 0 Å².